The molecule has 0 spiro atoms. The summed E-state index contributed by atoms with van der Waals surface area (Å²) < 4.78 is 11.2. The Labute approximate surface area is 193 Å². The lowest BCUT2D eigenvalue weighted by Gasteiger charge is -2.27. The van der Waals surface area contributed by atoms with Crippen LogP contribution in [0.4, 0.5) is 4.79 Å². The summed E-state index contributed by atoms with van der Waals surface area (Å²) >= 11 is 0. The molecule has 33 heavy (non-hydrogen) atoms. The Morgan fingerprint density at radius 2 is 1.58 bits per heavy atom. The monoisotopic (exact) mass is 447 g/mol. The highest BCUT2D eigenvalue weighted by Crippen LogP contribution is 2.44. The highest BCUT2D eigenvalue weighted by atomic mass is 16.5. The first-order valence-corrected chi connectivity index (χ1v) is 11.3. The standard InChI is InChI=1S/C26H29N3O4/c1-25(2,3)33-23(29-27)22(30)26(14-8-9-15-26)28-24(31)32-16-21-19-12-6-4-10-17(19)18-11-5-7-13-20(18)21/h4-7,10-13,21H,8-9,14-16H2,1-3H3,(H,28,31). The first-order valence-electron chi connectivity index (χ1n) is 11.3. The fourth-order valence-corrected chi connectivity index (χ4v) is 4.82. The van der Waals surface area contributed by atoms with E-state index in [0.717, 1.165) is 35.1 Å². The lowest BCUT2D eigenvalue weighted by Crippen LogP contribution is -2.56. The van der Waals surface area contributed by atoms with Crippen LogP contribution in [-0.4, -0.2) is 40.3 Å². The van der Waals surface area contributed by atoms with E-state index >= 15 is 0 Å². The normalized spacial score (nSPS) is 16.3. The van der Waals surface area contributed by atoms with Crippen LogP contribution in [0.3, 0.4) is 0 Å². The van der Waals surface area contributed by atoms with Gasteiger partial charge in [-0.2, -0.15) is 0 Å². The molecule has 2 aromatic rings. The minimum absolute atomic E-state index is 0.0721. The van der Waals surface area contributed by atoms with Crippen molar-refractivity contribution < 1.29 is 23.9 Å². The number of fused-ring (bicyclic) bond motifs is 3. The Morgan fingerprint density at radius 1 is 1.03 bits per heavy atom. The van der Waals surface area contributed by atoms with Gasteiger partial charge in [0.15, 0.2) is 0 Å². The van der Waals surface area contributed by atoms with Crippen LogP contribution in [0.5, 0.6) is 0 Å². The van der Waals surface area contributed by atoms with Crippen LogP contribution < -0.4 is 5.32 Å². The number of alkyl carbamates (subject to hydrolysis) is 1. The first kappa shape index (κ1) is 22.7. The maximum atomic E-state index is 13.2. The van der Waals surface area contributed by atoms with Crippen LogP contribution >= 0.6 is 0 Å². The molecule has 1 saturated carbocycles. The smallest absolute Gasteiger partial charge is 0.449 e. The molecule has 1 N–H and O–H groups in total. The Balaban J connectivity index is 1.49. The molecule has 0 atom stereocenters. The van der Waals surface area contributed by atoms with E-state index in [1.54, 1.807) is 20.8 Å². The van der Waals surface area contributed by atoms with E-state index in [9.17, 15) is 15.1 Å². The number of amides is 1. The predicted molar refractivity (Wildman–Crippen MR) is 124 cm³/mol. The second kappa shape index (κ2) is 8.83. The number of ketones is 1. The summed E-state index contributed by atoms with van der Waals surface area (Å²) in [5.74, 6) is -1.01. The number of ether oxygens (including phenoxy) is 2. The third kappa shape index (κ3) is 4.55. The Kier molecular flexibility index (Phi) is 6.09. The highest BCUT2D eigenvalue weighted by Gasteiger charge is 2.50. The summed E-state index contributed by atoms with van der Waals surface area (Å²) in [4.78, 5) is 29.2. The Morgan fingerprint density at radius 3 is 2.09 bits per heavy atom. The van der Waals surface area contributed by atoms with Crippen LogP contribution in [0.1, 0.15) is 63.5 Å². The van der Waals surface area contributed by atoms with Crippen molar-refractivity contribution in [3.8, 4) is 11.1 Å². The number of hydrogen-bond acceptors (Lipinski definition) is 4. The van der Waals surface area contributed by atoms with Crippen molar-refractivity contribution in [1.29, 1.82) is 0 Å². The molecular formula is C26H29N3O4. The number of rotatable bonds is 5. The van der Waals surface area contributed by atoms with Crippen molar-refractivity contribution >= 4 is 17.8 Å². The summed E-state index contributed by atoms with van der Waals surface area (Å²) in [5.41, 5.74) is 12.0. The van der Waals surface area contributed by atoms with E-state index in [4.69, 9.17) is 9.47 Å². The SMILES string of the molecule is CC(C)(C)OC(=[N+]=[N-])C(=O)C1(NC(=O)OCC2c3ccccc3-c3ccccc32)CCCC1. The molecule has 172 valence electrons. The highest BCUT2D eigenvalue weighted by molar-refractivity contribution is 6.38. The van der Waals surface area contributed by atoms with Gasteiger partial charge in [-0.3, -0.25) is 4.79 Å². The molecular weight excluding hydrogens is 418 g/mol. The summed E-state index contributed by atoms with van der Waals surface area (Å²) in [6, 6.07) is 16.2. The molecule has 0 saturated heterocycles. The van der Waals surface area contributed by atoms with Crippen LogP contribution in [0.15, 0.2) is 48.5 Å². The fraction of sp³-hybridized carbons (Fsp3) is 0.423. The average Bonchev–Trinajstić information content (AvgIpc) is 3.38. The maximum absolute atomic E-state index is 13.2. The van der Waals surface area contributed by atoms with Crippen molar-refractivity contribution in [2.45, 2.75) is 63.5 Å². The number of hydrogen-bond donors (Lipinski definition) is 1. The first-order chi connectivity index (χ1) is 15.7. The summed E-state index contributed by atoms with van der Waals surface area (Å²) in [7, 11) is 0. The third-order valence-corrected chi connectivity index (χ3v) is 6.26. The van der Waals surface area contributed by atoms with E-state index in [0.29, 0.717) is 12.8 Å². The molecule has 0 unspecified atom stereocenters. The van der Waals surface area contributed by atoms with Gasteiger partial charge in [-0.05, 0) is 55.9 Å². The van der Waals surface area contributed by atoms with Crippen LogP contribution in [0.25, 0.3) is 16.7 Å². The van der Waals surface area contributed by atoms with E-state index in [1.165, 1.54) is 0 Å². The van der Waals surface area contributed by atoms with E-state index in [-0.39, 0.29) is 12.5 Å². The van der Waals surface area contributed by atoms with Crippen molar-refractivity contribution in [2.75, 3.05) is 6.61 Å². The van der Waals surface area contributed by atoms with E-state index in [1.807, 2.05) is 24.3 Å². The molecule has 2 aliphatic rings. The molecule has 2 aliphatic carbocycles. The van der Waals surface area contributed by atoms with Gasteiger partial charge >= 0.3 is 17.8 Å². The molecule has 0 aromatic heterocycles. The zero-order chi connectivity index (χ0) is 23.6. The fourth-order valence-electron chi connectivity index (χ4n) is 4.82. The largest absolute Gasteiger partial charge is 0.521 e. The quantitative estimate of drug-likeness (QED) is 0.306. The second-order valence-corrected chi connectivity index (χ2v) is 9.69. The Bertz CT molecular complexity index is 1080. The lowest BCUT2D eigenvalue weighted by molar-refractivity contribution is -0.131. The number of nitrogens with one attached hydrogen (secondary N) is 1. The van der Waals surface area contributed by atoms with Crippen LogP contribution in [0, 0.1) is 0 Å². The van der Waals surface area contributed by atoms with Crippen LogP contribution in [-0.2, 0) is 14.3 Å². The Hall–Kier alpha value is -3.44. The summed E-state index contributed by atoms with van der Waals surface area (Å²) in [5, 5.41) is 2.78. The number of benzene rings is 2. The van der Waals surface area contributed by atoms with Gasteiger partial charge in [0.1, 0.15) is 17.7 Å². The molecule has 1 fully saturated rings. The number of carbonyl (C=O) groups excluding carboxylic acids is 2. The molecule has 7 heteroatoms. The van der Waals surface area contributed by atoms with Crippen molar-refractivity contribution in [3.63, 3.8) is 0 Å². The van der Waals surface area contributed by atoms with Gasteiger partial charge in [-0.15, -0.1) is 4.79 Å². The maximum Gasteiger partial charge on any atom is 0.521 e. The molecule has 0 aliphatic heterocycles. The topological polar surface area (TPSA) is 101 Å². The van der Waals surface area contributed by atoms with Gasteiger partial charge in [-0.1, -0.05) is 61.4 Å². The zero-order valence-corrected chi connectivity index (χ0v) is 19.3. The van der Waals surface area contributed by atoms with Gasteiger partial charge in [0, 0.05) is 5.92 Å². The van der Waals surface area contributed by atoms with Crippen molar-refractivity contribution in [2.24, 2.45) is 0 Å². The summed E-state index contributed by atoms with van der Waals surface area (Å²) in [6.45, 7) is 5.42. The molecule has 2 aromatic carbocycles. The van der Waals surface area contributed by atoms with Gasteiger partial charge in [0.25, 0.3) is 0 Å². The van der Waals surface area contributed by atoms with Crippen molar-refractivity contribution in [1.82, 2.24) is 5.32 Å². The number of carbonyl (C=O) groups is 2. The van der Waals surface area contributed by atoms with E-state index < -0.39 is 28.9 Å². The zero-order valence-electron chi connectivity index (χ0n) is 19.3. The van der Waals surface area contributed by atoms with E-state index in [2.05, 4.69) is 34.4 Å². The molecule has 7 nitrogen and oxygen atoms in total. The number of Topliss-reactive ketones (excluding diaryl/α,β-unsaturated/α-hetero) is 1. The summed E-state index contributed by atoms with van der Waals surface area (Å²) in [6.07, 6.45) is 1.73. The third-order valence-electron chi connectivity index (χ3n) is 6.26. The molecule has 1 amide bonds. The van der Waals surface area contributed by atoms with Gasteiger partial charge in [0.05, 0.1) is 0 Å². The van der Waals surface area contributed by atoms with Crippen molar-refractivity contribution in [3.05, 3.63) is 65.2 Å². The molecule has 0 bridgehead atoms. The minimum Gasteiger partial charge on any atom is -0.449 e. The van der Waals surface area contributed by atoms with Gasteiger partial charge in [0.2, 0.25) is 0 Å². The second-order valence-electron chi connectivity index (χ2n) is 9.69. The predicted octanol–water partition coefficient (Wildman–Crippen LogP) is 4.85. The molecule has 4 rings (SSSR count). The van der Waals surface area contributed by atoms with Gasteiger partial charge in [-0.25, -0.2) is 4.79 Å². The molecule has 0 heterocycles. The lowest BCUT2D eigenvalue weighted by atomic mass is 9.91. The average molecular weight is 448 g/mol. The molecule has 0 radical (unpaired) electrons. The number of nitrogens with zero attached hydrogens (tertiary/aromatic N) is 2. The van der Waals surface area contributed by atoms with Gasteiger partial charge < -0.3 is 20.3 Å². The van der Waals surface area contributed by atoms with Crippen LogP contribution in [0.2, 0.25) is 0 Å². The minimum atomic E-state index is -1.20.